The molecule has 0 spiro atoms. The molecular weight excluding hydrogens is 334 g/mol. The van der Waals surface area contributed by atoms with Crippen molar-refractivity contribution < 1.29 is 19.2 Å². The van der Waals surface area contributed by atoms with E-state index < -0.39 is 4.92 Å². The molecule has 0 unspecified atom stereocenters. The molecule has 0 fully saturated rings. The third kappa shape index (κ3) is 2.88. The molecule has 0 saturated heterocycles. The van der Waals surface area contributed by atoms with Gasteiger partial charge in [0.1, 0.15) is 0 Å². The summed E-state index contributed by atoms with van der Waals surface area (Å²) >= 11 is 0. The van der Waals surface area contributed by atoms with Crippen LogP contribution >= 0.6 is 0 Å². The summed E-state index contributed by atoms with van der Waals surface area (Å²) in [6.07, 6.45) is 2.76. The van der Waals surface area contributed by atoms with Gasteiger partial charge >= 0.3 is 0 Å². The average Bonchev–Trinajstić information content (AvgIpc) is 3.12. The van der Waals surface area contributed by atoms with Crippen molar-refractivity contribution in [2.45, 2.75) is 0 Å². The van der Waals surface area contributed by atoms with Gasteiger partial charge in [0, 0.05) is 5.56 Å². The van der Waals surface area contributed by atoms with Crippen molar-refractivity contribution in [3.05, 3.63) is 81.9 Å². The minimum atomic E-state index is -0.512. The van der Waals surface area contributed by atoms with Gasteiger partial charge in [-0.25, -0.2) is 0 Å². The third-order valence-electron chi connectivity index (χ3n) is 4.17. The Labute approximate surface area is 148 Å². The van der Waals surface area contributed by atoms with Crippen molar-refractivity contribution in [2.75, 3.05) is 6.79 Å². The van der Waals surface area contributed by atoms with Gasteiger partial charge in [-0.15, -0.1) is 0 Å². The molecule has 0 amide bonds. The van der Waals surface area contributed by atoms with Crippen molar-refractivity contribution in [1.29, 1.82) is 0 Å². The smallest absolute Gasteiger partial charge is 0.280 e. The Morgan fingerprint density at radius 2 is 1.73 bits per heavy atom. The first-order valence-electron chi connectivity index (χ1n) is 7.91. The Morgan fingerprint density at radius 3 is 2.50 bits per heavy atom. The van der Waals surface area contributed by atoms with Crippen LogP contribution in [0.4, 0.5) is 5.69 Å². The van der Waals surface area contributed by atoms with Crippen LogP contribution in [0.1, 0.15) is 15.9 Å². The van der Waals surface area contributed by atoms with Gasteiger partial charge < -0.3 is 9.47 Å². The van der Waals surface area contributed by atoms with Gasteiger partial charge in [0.15, 0.2) is 17.3 Å². The second-order valence-electron chi connectivity index (χ2n) is 5.78. The van der Waals surface area contributed by atoms with Crippen LogP contribution in [0, 0.1) is 10.1 Å². The highest BCUT2D eigenvalue weighted by Gasteiger charge is 2.22. The van der Waals surface area contributed by atoms with Crippen molar-refractivity contribution >= 4 is 28.3 Å². The van der Waals surface area contributed by atoms with Crippen LogP contribution in [0.15, 0.2) is 60.7 Å². The Kier molecular flexibility index (Phi) is 3.85. The summed E-state index contributed by atoms with van der Waals surface area (Å²) in [6, 6.07) is 16.0. The second-order valence-corrected chi connectivity index (χ2v) is 5.78. The molecule has 3 aromatic rings. The number of hydrogen-bond acceptors (Lipinski definition) is 5. The molecular formula is C20H13NO5. The first-order chi connectivity index (χ1) is 12.6. The molecule has 0 atom stereocenters. The summed E-state index contributed by atoms with van der Waals surface area (Å²) in [6.45, 7) is 0.0235. The molecule has 26 heavy (non-hydrogen) atoms. The number of ether oxygens (including phenoxy) is 2. The van der Waals surface area contributed by atoms with Crippen molar-refractivity contribution in [3.63, 3.8) is 0 Å². The number of hydrogen-bond donors (Lipinski definition) is 0. The van der Waals surface area contributed by atoms with E-state index in [1.54, 1.807) is 12.1 Å². The molecule has 6 heteroatoms. The van der Waals surface area contributed by atoms with Gasteiger partial charge in [0.25, 0.3) is 5.69 Å². The molecule has 128 valence electrons. The van der Waals surface area contributed by atoms with E-state index in [9.17, 15) is 14.9 Å². The van der Waals surface area contributed by atoms with Crippen LogP contribution in [0.3, 0.4) is 0 Å². The monoisotopic (exact) mass is 347 g/mol. The fraction of sp³-hybridized carbons (Fsp3) is 0.0500. The molecule has 3 aromatic carbocycles. The quantitative estimate of drug-likeness (QED) is 0.303. The lowest BCUT2D eigenvalue weighted by molar-refractivity contribution is -0.385. The van der Waals surface area contributed by atoms with Crippen molar-refractivity contribution in [2.24, 2.45) is 0 Å². The van der Waals surface area contributed by atoms with Crippen LogP contribution in [0.25, 0.3) is 16.8 Å². The predicted octanol–water partition coefficient (Wildman–Crippen LogP) is 4.37. The highest BCUT2D eigenvalue weighted by Crippen LogP contribution is 2.38. The molecule has 0 radical (unpaired) electrons. The van der Waals surface area contributed by atoms with Crippen LogP contribution in [0.2, 0.25) is 0 Å². The zero-order valence-corrected chi connectivity index (χ0v) is 13.5. The number of carbonyl (C=O) groups excluding carboxylic acids is 1. The lowest BCUT2D eigenvalue weighted by Crippen LogP contribution is -1.95. The molecule has 1 heterocycles. The number of nitro benzene ring substituents is 1. The number of carbonyl (C=O) groups is 1. The number of ketones is 1. The molecule has 0 saturated carbocycles. The summed E-state index contributed by atoms with van der Waals surface area (Å²) in [7, 11) is 0. The van der Waals surface area contributed by atoms with Gasteiger partial charge in [-0.05, 0) is 35.1 Å². The van der Waals surface area contributed by atoms with E-state index in [2.05, 4.69) is 0 Å². The van der Waals surface area contributed by atoms with E-state index in [-0.39, 0.29) is 23.8 Å². The predicted molar refractivity (Wildman–Crippen MR) is 96.5 cm³/mol. The number of allylic oxidation sites excluding steroid dienone is 1. The Hall–Kier alpha value is -3.67. The van der Waals surface area contributed by atoms with E-state index in [0.717, 1.165) is 10.8 Å². The first kappa shape index (κ1) is 15.8. The summed E-state index contributed by atoms with van der Waals surface area (Å²) in [4.78, 5) is 23.2. The van der Waals surface area contributed by atoms with Crippen LogP contribution in [-0.4, -0.2) is 17.5 Å². The number of fused-ring (bicyclic) bond motifs is 2. The summed E-state index contributed by atoms with van der Waals surface area (Å²) in [5.41, 5.74) is 0.661. The lowest BCUT2D eigenvalue weighted by atomic mass is 10.0. The van der Waals surface area contributed by atoms with Gasteiger partial charge in [0.2, 0.25) is 6.79 Å². The minimum Gasteiger partial charge on any atom is -0.454 e. The van der Waals surface area contributed by atoms with Gasteiger partial charge in [0.05, 0.1) is 16.6 Å². The van der Waals surface area contributed by atoms with E-state index in [1.807, 2.05) is 30.3 Å². The van der Waals surface area contributed by atoms with E-state index in [1.165, 1.54) is 24.3 Å². The largest absolute Gasteiger partial charge is 0.454 e. The molecule has 0 N–H and O–H groups in total. The van der Waals surface area contributed by atoms with Crippen molar-refractivity contribution in [3.8, 4) is 11.5 Å². The second kappa shape index (κ2) is 6.33. The molecule has 0 aromatic heterocycles. The van der Waals surface area contributed by atoms with E-state index in [4.69, 9.17) is 9.47 Å². The SMILES string of the molecule is O=C(/C=C/c1cc2c(cc1[N+](=O)[O-])OCO2)c1ccc2ccccc2c1. The van der Waals surface area contributed by atoms with Crippen LogP contribution in [0.5, 0.6) is 11.5 Å². The van der Waals surface area contributed by atoms with Gasteiger partial charge in [-0.2, -0.15) is 0 Å². The number of rotatable bonds is 4. The normalized spacial score (nSPS) is 12.6. The molecule has 0 aliphatic carbocycles. The Balaban J connectivity index is 1.66. The zero-order chi connectivity index (χ0) is 18.1. The zero-order valence-electron chi connectivity index (χ0n) is 13.5. The summed E-state index contributed by atoms with van der Waals surface area (Å²) < 4.78 is 10.4. The topological polar surface area (TPSA) is 78.7 Å². The molecule has 4 rings (SSSR count). The summed E-state index contributed by atoms with van der Waals surface area (Å²) in [5, 5.41) is 13.3. The lowest BCUT2D eigenvalue weighted by Gasteiger charge is -2.02. The average molecular weight is 347 g/mol. The number of nitro groups is 1. The van der Waals surface area contributed by atoms with E-state index in [0.29, 0.717) is 17.1 Å². The molecule has 1 aliphatic heterocycles. The van der Waals surface area contributed by atoms with Crippen molar-refractivity contribution in [1.82, 2.24) is 0 Å². The maximum absolute atomic E-state index is 12.5. The molecule has 6 nitrogen and oxygen atoms in total. The molecule has 1 aliphatic rings. The highest BCUT2D eigenvalue weighted by molar-refractivity contribution is 6.08. The highest BCUT2D eigenvalue weighted by atomic mass is 16.7. The first-order valence-corrected chi connectivity index (χ1v) is 7.91. The van der Waals surface area contributed by atoms with Crippen LogP contribution in [-0.2, 0) is 0 Å². The van der Waals surface area contributed by atoms with Gasteiger partial charge in [-0.3, -0.25) is 14.9 Å². The Morgan fingerprint density at radius 1 is 1.00 bits per heavy atom. The fourth-order valence-electron chi connectivity index (χ4n) is 2.84. The van der Waals surface area contributed by atoms with E-state index >= 15 is 0 Å². The fourth-order valence-corrected chi connectivity index (χ4v) is 2.84. The van der Waals surface area contributed by atoms with Gasteiger partial charge in [-0.1, -0.05) is 36.4 Å². The Bertz CT molecular complexity index is 1070. The van der Waals surface area contributed by atoms with Crippen LogP contribution < -0.4 is 9.47 Å². The number of benzene rings is 3. The summed E-state index contributed by atoms with van der Waals surface area (Å²) in [5.74, 6) is 0.519. The maximum atomic E-state index is 12.5. The minimum absolute atomic E-state index is 0.0235. The molecule has 0 bridgehead atoms. The standard InChI is InChI=1S/C20H13NO5/c22-18(16-6-5-13-3-1-2-4-14(13)9-16)8-7-15-10-19-20(26-12-25-19)11-17(15)21(23)24/h1-11H,12H2/b8-7+. The third-order valence-corrected chi connectivity index (χ3v) is 4.17. The number of nitrogens with zero attached hydrogens (tertiary/aromatic N) is 1. The maximum Gasteiger partial charge on any atom is 0.280 e.